The molecule has 32 heavy (non-hydrogen) atoms. The molecule has 2 fully saturated rings. The third-order valence-corrected chi connectivity index (χ3v) is 6.15. The number of hydrogen-bond acceptors (Lipinski definition) is 7. The van der Waals surface area contributed by atoms with E-state index in [9.17, 15) is 4.79 Å². The Hall–Kier alpha value is -2.67. The first-order chi connectivity index (χ1) is 15.3. The monoisotopic (exact) mass is 438 g/mol. The van der Waals surface area contributed by atoms with E-state index >= 15 is 0 Å². The standard InChI is InChI=1S/C25H34N4O3/c1-18(15-19(2)30)20-5-7-21(8-6-20)32-22-10-12-28(16-22)23-9-11-26-24(27-23)29-13-14-31-25(3,4)17-29/h5-9,11,18,22H,10,12-17H2,1-4H3/t18-,22-/m1/s1. The number of nitrogens with zero attached hydrogens (tertiary/aromatic N) is 4. The van der Waals surface area contributed by atoms with E-state index in [1.807, 2.05) is 24.4 Å². The van der Waals surface area contributed by atoms with Crippen molar-refractivity contribution >= 4 is 17.5 Å². The van der Waals surface area contributed by atoms with Crippen LogP contribution in [-0.4, -0.2) is 60.2 Å². The largest absolute Gasteiger partial charge is 0.489 e. The fraction of sp³-hybridized carbons (Fsp3) is 0.560. The molecule has 0 radical (unpaired) electrons. The minimum absolute atomic E-state index is 0.122. The first kappa shape index (κ1) is 22.5. The zero-order chi connectivity index (χ0) is 22.7. The average Bonchev–Trinajstić information content (AvgIpc) is 3.22. The minimum atomic E-state index is -0.191. The van der Waals surface area contributed by atoms with Crippen LogP contribution in [0.25, 0.3) is 0 Å². The number of carbonyl (C=O) groups excluding carboxylic acids is 1. The summed E-state index contributed by atoms with van der Waals surface area (Å²) in [6, 6.07) is 10.1. The van der Waals surface area contributed by atoms with Crippen LogP contribution in [-0.2, 0) is 9.53 Å². The molecule has 0 bridgehead atoms. The Morgan fingerprint density at radius 1 is 1.22 bits per heavy atom. The number of rotatable bonds is 7. The average molecular weight is 439 g/mol. The molecule has 2 atom stereocenters. The highest BCUT2D eigenvalue weighted by atomic mass is 16.5. The normalized spacial score (nSPS) is 21.4. The van der Waals surface area contributed by atoms with Gasteiger partial charge in [-0.15, -0.1) is 0 Å². The summed E-state index contributed by atoms with van der Waals surface area (Å²) in [6.07, 6.45) is 3.48. The van der Waals surface area contributed by atoms with Gasteiger partial charge in [0.2, 0.25) is 5.95 Å². The van der Waals surface area contributed by atoms with E-state index in [1.54, 1.807) is 6.92 Å². The quantitative estimate of drug-likeness (QED) is 0.651. The SMILES string of the molecule is CC(=O)C[C@@H](C)c1ccc(O[C@@H]2CCN(c3ccnc(N4CCOC(C)(C)C4)n3)C2)cc1. The van der Waals surface area contributed by atoms with Gasteiger partial charge in [-0.25, -0.2) is 4.98 Å². The van der Waals surface area contributed by atoms with E-state index in [0.717, 1.165) is 50.1 Å². The molecule has 2 saturated heterocycles. The number of hydrogen-bond donors (Lipinski definition) is 0. The van der Waals surface area contributed by atoms with E-state index in [1.165, 1.54) is 5.56 Å². The number of anilines is 2. The molecule has 0 amide bonds. The van der Waals surface area contributed by atoms with Crippen molar-refractivity contribution in [3.8, 4) is 5.75 Å². The highest BCUT2D eigenvalue weighted by molar-refractivity contribution is 5.76. The van der Waals surface area contributed by atoms with Gasteiger partial charge in [0, 0.05) is 38.7 Å². The molecule has 0 unspecified atom stereocenters. The van der Waals surface area contributed by atoms with E-state index in [4.69, 9.17) is 14.5 Å². The smallest absolute Gasteiger partial charge is 0.227 e. The van der Waals surface area contributed by atoms with Crippen LogP contribution in [0.3, 0.4) is 0 Å². The maximum atomic E-state index is 11.4. The van der Waals surface area contributed by atoms with Crippen molar-refractivity contribution in [1.82, 2.24) is 9.97 Å². The fourth-order valence-corrected chi connectivity index (χ4v) is 4.50. The third-order valence-electron chi connectivity index (χ3n) is 6.15. The summed E-state index contributed by atoms with van der Waals surface area (Å²) in [5, 5.41) is 0. The summed E-state index contributed by atoms with van der Waals surface area (Å²) in [5.41, 5.74) is 0.976. The topological polar surface area (TPSA) is 67.8 Å². The van der Waals surface area contributed by atoms with Crippen molar-refractivity contribution in [1.29, 1.82) is 0 Å². The lowest BCUT2D eigenvalue weighted by Crippen LogP contribution is -2.49. The van der Waals surface area contributed by atoms with Crippen LogP contribution in [0.1, 0.15) is 52.0 Å². The van der Waals surface area contributed by atoms with Gasteiger partial charge in [-0.2, -0.15) is 4.98 Å². The molecule has 0 aliphatic carbocycles. The first-order valence-electron chi connectivity index (χ1n) is 11.5. The fourth-order valence-electron chi connectivity index (χ4n) is 4.50. The molecule has 7 nitrogen and oxygen atoms in total. The summed E-state index contributed by atoms with van der Waals surface area (Å²) < 4.78 is 12.1. The second-order valence-electron chi connectivity index (χ2n) is 9.60. The number of benzene rings is 1. The van der Waals surface area contributed by atoms with E-state index < -0.39 is 0 Å². The van der Waals surface area contributed by atoms with Crippen molar-refractivity contribution in [3.63, 3.8) is 0 Å². The molecular formula is C25H34N4O3. The summed E-state index contributed by atoms with van der Waals surface area (Å²) in [5.74, 6) is 3.02. The lowest BCUT2D eigenvalue weighted by Gasteiger charge is -2.38. The lowest BCUT2D eigenvalue weighted by molar-refractivity contribution is -0.117. The molecule has 2 aliphatic rings. The van der Waals surface area contributed by atoms with Crippen LogP contribution in [0.15, 0.2) is 36.5 Å². The number of ether oxygens (including phenoxy) is 2. The number of aromatic nitrogens is 2. The molecule has 2 aliphatic heterocycles. The first-order valence-corrected chi connectivity index (χ1v) is 11.5. The molecular weight excluding hydrogens is 404 g/mol. The van der Waals surface area contributed by atoms with Crippen LogP contribution < -0.4 is 14.5 Å². The van der Waals surface area contributed by atoms with E-state index in [2.05, 4.69) is 47.7 Å². The van der Waals surface area contributed by atoms with Gasteiger partial charge in [-0.3, -0.25) is 0 Å². The van der Waals surface area contributed by atoms with Gasteiger partial charge >= 0.3 is 0 Å². The molecule has 3 heterocycles. The molecule has 4 rings (SSSR count). The number of Topliss-reactive ketones (excluding diaryl/α,β-unsaturated/α-hetero) is 1. The van der Waals surface area contributed by atoms with Gasteiger partial charge in [0.1, 0.15) is 23.5 Å². The Labute approximate surface area is 190 Å². The van der Waals surface area contributed by atoms with Gasteiger partial charge in [0.25, 0.3) is 0 Å². The maximum absolute atomic E-state index is 11.4. The molecule has 0 saturated carbocycles. The highest BCUT2D eigenvalue weighted by Crippen LogP contribution is 2.27. The maximum Gasteiger partial charge on any atom is 0.227 e. The number of morpholine rings is 1. The minimum Gasteiger partial charge on any atom is -0.489 e. The molecule has 2 aromatic rings. The van der Waals surface area contributed by atoms with Gasteiger partial charge in [0.15, 0.2) is 0 Å². The molecule has 172 valence electrons. The molecule has 0 spiro atoms. The Morgan fingerprint density at radius 3 is 2.72 bits per heavy atom. The zero-order valence-corrected chi connectivity index (χ0v) is 19.6. The second kappa shape index (κ2) is 9.45. The van der Waals surface area contributed by atoms with Crippen molar-refractivity contribution in [2.45, 2.75) is 58.2 Å². The van der Waals surface area contributed by atoms with E-state index in [-0.39, 0.29) is 23.4 Å². The van der Waals surface area contributed by atoms with Crippen molar-refractivity contribution in [2.24, 2.45) is 0 Å². The summed E-state index contributed by atoms with van der Waals surface area (Å²) in [7, 11) is 0. The molecule has 1 aromatic carbocycles. The van der Waals surface area contributed by atoms with Crippen LogP contribution >= 0.6 is 0 Å². The third kappa shape index (κ3) is 5.57. The van der Waals surface area contributed by atoms with E-state index in [0.29, 0.717) is 13.0 Å². The van der Waals surface area contributed by atoms with Gasteiger partial charge < -0.3 is 24.1 Å². The molecule has 7 heteroatoms. The van der Waals surface area contributed by atoms with Crippen molar-refractivity contribution in [2.75, 3.05) is 42.6 Å². The van der Waals surface area contributed by atoms with Crippen molar-refractivity contribution in [3.05, 3.63) is 42.1 Å². The summed E-state index contributed by atoms with van der Waals surface area (Å²) in [4.78, 5) is 25.2. The Balaban J connectivity index is 1.35. The molecule has 0 N–H and O–H groups in total. The van der Waals surface area contributed by atoms with Crippen LogP contribution in [0.4, 0.5) is 11.8 Å². The number of carbonyl (C=O) groups is 1. The van der Waals surface area contributed by atoms with Gasteiger partial charge in [0.05, 0.1) is 18.8 Å². The predicted molar refractivity (Wildman–Crippen MR) is 126 cm³/mol. The van der Waals surface area contributed by atoms with Gasteiger partial charge in [-0.1, -0.05) is 19.1 Å². The van der Waals surface area contributed by atoms with Crippen LogP contribution in [0.5, 0.6) is 5.75 Å². The van der Waals surface area contributed by atoms with Crippen molar-refractivity contribution < 1.29 is 14.3 Å². The van der Waals surface area contributed by atoms with Crippen LogP contribution in [0, 0.1) is 0 Å². The Bertz CT molecular complexity index is 931. The summed E-state index contributed by atoms with van der Waals surface area (Å²) >= 11 is 0. The van der Waals surface area contributed by atoms with Crippen LogP contribution in [0.2, 0.25) is 0 Å². The molecule has 1 aromatic heterocycles. The van der Waals surface area contributed by atoms with Gasteiger partial charge in [-0.05, 0) is 50.5 Å². The second-order valence-corrected chi connectivity index (χ2v) is 9.60. The Morgan fingerprint density at radius 2 is 2.00 bits per heavy atom. The summed E-state index contributed by atoms with van der Waals surface area (Å²) in [6.45, 7) is 11.9. The Kier molecular flexibility index (Phi) is 6.65. The predicted octanol–water partition coefficient (Wildman–Crippen LogP) is 3.83. The lowest BCUT2D eigenvalue weighted by atomic mass is 9.96. The highest BCUT2D eigenvalue weighted by Gasteiger charge is 2.30. The zero-order valence-electron chi connectivity index (χ0n) is 19.6. The number of ketones is 1.